The number of nitrogens with one attached hydrogen (secondary N) is 1. The zero-order chi connectivity index (χ0) is 24.8. The Kier molecular flexibility index (Phi) is 7.75. The molecule has 2 amide bonds. The van der Waals surface area contributed by atoms with Crippen molar-refractivity contribution in [2.75, 3.05) is 13.2 Å². The monoisotopic (exact) mass is 475 g/mol. The third-order valence-corrected chi connectivity index (χ3v) is 6.23. The van der Waals surface area contributed by atoms with E-state index in [1.54, 1.807) is 18.3 Å². The molecule has 3 unspecified atom stereocenters. The molecule has 1 saturated heterocycles. The molecule has 3 atom stereocenters. The number of nitrogens with zero attached hydrogens (tertiary/aromatic N) is 2. The van der Waals surface area contributed by atoms with Crippen LogP contribution in [0.2, 0.25) is 0 Å². The highest BCUT2D eigenvalue weighted by atomic mass is 19.1. The Morgan fingerprint density at radius 1 is 1.03 bits per heavy atom. The molecular weight excluding hydrogens is 445 g/mol. The van der Waals surface area contributed by atoms with Crippen LogP contribution in [0.1, 0.15) is 48.9 Å². The molecule has 1 N–H and O–H groups in total. The highest BCUT2D eigenvalue weighted by Crippen LogP contribution is 2.27. The summed E-state index contributed by atoms with van der Waals surface area (Å²) >= 11 is 0. The maximum atomic E-state index is 14.4. The maximum absolute atomic E-state index is 14.4. The molecule has 1 fully saturated rings. The zero-order valence-corrected chi connectivity index (χ0v) is 19.9. The third kappa shape index (κ3) is 6.04. The van der Waals surface area contributed by atoms with Crippen LogP contribution in [0.25, 0.3) is 0 Å². The van der Waals surface area contributed by atoms with Crippen molar-refractivity contribution in [3.8, 4) is 5.75 Å². The van der Waals surface area contributed by atoms with E-state index in [0.29, 0.717) is 11.7 Å². The molecule has 0 bridgehead atoms. The van der Waals surface area contributed by atoms with Crippen molar-refractivity contribution in [3.63, 3.8) is 0 Å². The molecule has 0 spiro atoms. The molecule has 3 aromatic rings. The highest BCUT2D eigenvalue weighted by Gasteiger charge is 2.40. The average molecular weight is 476 g/mol. The largest absolute Gasteiger partial charge is 0.482 e. The van der Waals surface area contributed by atoms with Crippen molar-refractivity contribution < 1.29 is 18.7 Å². The van der Waals surface area contributed by atoms with Gasteiger partial charge in [-0.2, -0.15) is 0 Å². The standard InChI is InChI=1S/C28H30FN3O3/c1-19(2)20-10-12-22(13-11-20)27(21-7-4-3-5-8-21)31-28(34)25-15-23(29)17-32(25)26(33)18-35-24-9-6-14-30-16-24/h3-14,16,19,23,25,27H,15,17-18H2,1-2H3,(H,31,34). The summed E-state index contributed by atoms with van der Waals surface area (Å²) in [4.78, 5) is 31.5. The van der Waals surface area contributed by atoms with Crippen LogP contribution in [0.3, 0.4) is 0 Å². The molecule has 0 aliphatic carbocycles. The van der Waals surface area contributed by atoms with E-state index in [-0.39, 0.29) is 25.5 Å². The van der Waals surface area contributed by atoms with Gasteiger partial charge in [-0.05, 0) is 34.7 Å². The number of rotatable bonds is 8. The predicted molar refractivity (Wildman–Crippen MR) is 132 cm³/mol. The van der Waals surface area contributed by atoms with Crippen LogP contribution in [-0.2, 0) is 9.59 Å². The van der Waals surface area contributed by atoms with Crippen LogP contribution in [0.4, 0.5) is 4.39 Å². The number of benzene rings is 2. The topological polar surface area (TPSA) is 71.5 Å². The van der Waals surface area contributed by atoms with Gasteiger partial charge in [-0.1, -0.05) is 68.4 Å². The van der Waals surface area contributed by atoms with Gasteiger partial charge >= 0.3 is 0 Å². The first kappa shape index (κ1) is 24.4. The molecule has 2 heterocycles. The smallest absolute Gasteiger partial charge is 0.261 e. The minimum absolute atomic E-state index is 0.0434. The molecule has 4 rings (SSSR count). The Hall–Kier alpha value is -3.74. The fourth-order valence-electron chi connectivity index (χ4n) is 4.29. The number of amides is 2. The maximum Gasteiger partial charge on any atom is 0.261 e. The molecule has 2 aromatic carbocycles. The van der Waals surface area contributed by atoms with E-state index >= 15 is 0 Å². The van der Waals surface area contributed by atoms with Gasteiger partial charge in [0.05, 0.1) is 18.8 Å². The van der Waals surface area contributed by atoms with E-state index in [9.17, 15) is 14.0 Å². The third-order valence-electron chi connectivity index (χ3n) is 6.23. The van der Waals surface area contributed by atoms with Gasteiger partial charge in [0.2, 0.25) is 5.91 Å². The van der Waals surface area contributed by atoms with E-state index in [0.717, 1.165) is 11.1 Å². The molecule has 0 saturated carbocycles. The lowest BCUT2D eigenvalue weighted by Gasteiger charge is -2.27. The minimum atomic E-state index is -1.27. The molecule has 1 aromatic heterocycles. The Morgan fingerprint density at radius 2 is 1.71 bits per heavy atom. The number of hydrogen-bond donors (Lipinski definition) is 1. The normalized spacial score (nSPS) is 18.3. The number of halogens is 1. The summed E-state index contributed by atoms with van der Waals surface area (Å²) in [5.41, 5.74) is 3.03. The van der Waals surface area contributed by atoms with Crippen molar-refractivity contribution in [2.24, 2.45) is 0 Å². The Morgan fingerprint density at radius 3 is 2.37 bits per heavy atom. The number of ether oxygens (including phenoxy) is 1. The van der Waals surface area contributed by atoms with Crippen LogP contribution in [0.15, 0.2) is 79.1 Å². The highest BCUT2D eigenvalue weighted by molar-refractivity contribution is 5.89. The van der Waals surface area contributed by atoms with Gasteiger partial charge in [0.15, 0.2) is 6.61 Å². The van der Waals surface area contributed by atoms with Gasteiger partial charge in [0, 0.05) is 12.6 Å². The van der Waals surface area contributed by atoms with Crippen LogP contribution in [0, 0.1) is 0 Å². The van der Waals surface area contributed by atoms with E-state index in [1.165, 1.54) is 16.7 Å². The van der Waals surface area contributed by atoms with Gasteiger partial charge in [0.25, 0.3) is 5.91 Å². The van der Waals surface area contributed by atoms with Crippen molar-refractivity contribution in [2.45, 2.75) is 44.4 Å². The summed E-state index contributed by atoms with van der Waals surface area (Å²) in [6.45, 7) is 3.83. The summed E-state index contributed by atoms with van der Waals surface area (Å²) in [6, 6.07) is 19.8. The van der Waals surface area contributed by atoms with E-state index in [2.05, 4.69) is 36.3 Å². The lowest BCUT2D eigenvalue weighted by Crippen LogP contribution is -2.48. The van der Waals surface area contributed by atoms with Gasteiger partial charge in [-0.3, -0.25) is 14.6 Å². The van der Waals surface area contributed by atoms with Gasteiger partial charge in [-0.15, -0.1) is 0 Å². The summed E-state index contributed by atoms with van der Waals surface area (Å²) in [7, 11) is 0. The lowest BCUT2D eigenvalue weighted by molar-refractivity contribution is -0.140. The fraction of sp³-hybridized carbons (Fsp3) is 0.321. The predicted octanol–water partition coefficient (Wildman–Crippen LogP) is 4.43. The molecule has 35 heavy (non-hydrogen) atoms. The molecule has 6 nitrogen and oxygen atoms in total. The van der Waals surface area contributed by atoms with Crippen molar-refractivity contribution in [1.29, 1.82) is 0 Å². The quantitative estimate of drug-likeness (QED) is 0.523. The van der Waals surface area contributed by atoms with Crippen LogP contribution in [-0.4, -0.2) is 47.1 Å². The van der Waals surface area contributed by atoms with Crippen LogP contribution < -0.4 is 10.1 Å². The summed E-state index contributed by atoms with van der Waals surface area (Å²) in [5, 5.41) is 3.07. The molecule has 7 heteroatoms. The number of pyridine rings is 1. The first-order valence-corrected chi connectivity index (χ1v) is 11.8. The first-order chi connectivity index (χ1) is 16.9. The number of aromatic nitrogens is 1. The molecular formula is C28H30FN3O3. The zero-order valence-electron chi connectivity index (χ0n) is 19.9. The number of carbonyl (C=O) groups is 2. The number of alkyl halides is 1. The number of hydrogen-bond acceptors (Lipinski definition) is 4. The number of carbonyl (C=O) groups excluding carboxylic acids is 2. The first-order valence-electron chi connectivity index (χ1n) is 11.8. The summed E-state index contributed by atoms with van der Waals surface area (Å²) in [6.07, 6.45) is 1.78. The second-order valence-electron chi connectivity index (χ2n) is 9.05. The second kappa shape index (κ2) is 11.1. The molecule has 1 aliphatic heterocycles. The Labute approximate surface area is 205 Å². The Balaban J connectivity index is 1.51. The second-order valence-corrected chi connectivity index (χ2v) is 9.05. The van der Waals surface area contributed by atoms with E-state index in [4.69, 9.17) is 4.74 Å². The molecule has 182 valence electrons. The van der Waals surface area contributed by atoms with E-state index in [1.807, 2.05) is 42.5 Å². The van der Waals surface area contributed by atoms with Crippen LogP contribution in [0.5, 0.6) is 5.75 Å². The summed E-state index contributed by atoms with van der Waals surface area (Å²) in [5.74, 6) is 0.00227. The van der Waals surface area contributed by atoms with Gasteiger partial charge in [0.1, 0.15) is 18.0 Å². The SMILES string of the molecule is CC(C)c1ccc(C(NC(=O)C2CC(F)CN2C(=O)COc2cccnc2)c2ccccc2)cc1. The minimum Gasteiger partial charge on any atom is -0.482 e. The summed E-state index contributed by atoms with van der Waals surface area (Å²) < 4.78 is 19.9. The number of likely N-dealkylation sites (tertiary alicyclic amines) is 1. The average Bonchev–Trinajstić information content (AvgIpc) is 3.29. The molecule has 1 aliphatic rings. The van der Waals surface area contributed by atoms with Crippen molar-refractivity contribution in [1.82, 2.24) is 15.2 Å². The fourth-order valence-corrected chi connectivity index (χ4v) is 4.29. The lowest BCUT2D eigenvalue weighted by atomic mass is 9.95. The van der Waals surface area contributed by atoms with Crippen LogP contribution >= 0.6 is 0 Å². The molecule has 0 radical (unpaired) electrons. The van der Waals surface area contributed by atoms with E-state index < -0.39 is 24.2 Å². The van der Waals surface area contributed by atoms with Gasteiger partial charge in [-0.25, -0.2) is 4.39 Å². The van der Waals surface area contributed by atoms with Gasteiger partial charge < -0.3 is 15.0 Å². The Bertz CT molecular complexity index is 1120. The van der Waals surface area contributed by atoms with Crippen molar-refractivity contribution >= 4 is 11.8 Å². The van der Waals surface area contributed by atoms with Crippen molar-refractivity contribution in [3.05, 3.63) is 95.8 Å².